The summed E-state index contributed by atoms with van der Waals surface area (Å²) in [6.07, 6.45) is 2.83. The molecule has 4 aromatic carbocycles. The van der Waals surface area contributed by atoms with E-state index in [1.54, 1.807) is 0 Å². The molecule has 0 radical (unpaired) electrons. The first-order chi connectivity index (χ1) is 21.4. The van der Waals surface area contributed by atoms with E-state index >= 15 is 0 Å². The molecule has 3 N–H and O–H groups in total. The molecule has 0 unspecified atom stereocenters. The molecule has 0 spiro atoms. The zero-order chi connectivity index (χ0) is 30.9. The number of carboxylic acids is 2. The minimum Gasteiger partial charge on any atom is -0.493 e. The predicted molar refractivity (Wildman–Crippen MR) is 166 cm³/mol. The smallest absolute Gasteiger partial charge is 0.335 e. The molecule has 44 heavy (non-hydrogen) atoms. The van der Waals surface area contributed by atoms with E-state index in [4.69, 9.17) is 9.47 Å². The molecule has 1 amide bonds. The summed E-state index contributed by atoms with van der Waals surface area (Å²) >= 11 is 0. The van der Waals surface area contributed by atoms with Gasteiger partial charge in [0.1, 0.15) is 18.1 Å². The van der Waals surface area contributed by atoms with Gasteiger partial charge in [0.15, 0.2) is 0 Å². The molecular weight excluding hydrogens is 558 g/mol. The van der Waals surface area contributed by atoms with Crippen molar-refractivity contribution in [3.63, 3.8) is 0 Å². The van der Waals surface area contributed by atoms with Crippen molar-refractivity contribution in [2.75, 3.05) is 6.61 Å². The Balaban J connectivity index is 1.10. The molecule has 1 saturated carbocycles. The fraction of sp³-hybridized carbons (Fsp3) is 0.250. The van der Waals surface area contributed by atoms with Crippen LogP contribution in [0.1, 0.15) is 57.5 Å². The summed E-state index contributed by atoms with van der Waals surface area (Å²) in [5.74, 6) is -1.90. The fourth-order valence-corrected chi connectivity index (χ4v) is 5.37. The first kappa shape index (κ1) is 30.4. The van der Waals surface area contributed by atoms with Gasteiger partial charge in [0, 0.05) is 6.04 Å². The number of nitrogens with one attached hydrogen (secondary N) is 1. The van der Waals surface area contributed by atoms with Gasteiger partial charge in [0.25, 0.3) is 5.91 Å². The van der Waals surface area contributed by atoms with E-state index in [2.05, 4.69) is 41.7 Å². The number of aryl methyl sites for hydroxylation is 1. The number of aromatic carboxylic acids is 1. The lowest BCUT2D eigenvalue weighted by atomic mass is 10.0. The maximum absolute atomic E-state index is 13.0. The van der Waals surface area contributed by atoms with Gasteiger partial charge in [-0.3, -0.25) is 9.59 Å². The molecular formula is C36H35NO7. The third-order valence-electron chi connectivity index (χ3n) is 7.85. The van der Waals surface area contributed by atoms with Crippen LogP contribution in [0.25, 0.3) is 11.1 Å². The van der Waals surface area contributed by atoms with Gasteiger partial charge in [0.05, 0.1) is 23.7 Å². The summed E-state index contributed by atoms with van der Waals surface area (Å²) < 4.78 is 11.9. The van der Waals surface area contributed by atoms with Gasteiger partial charge in [0.2, 0.25) is 0 Å². The first-order valence-corrected chi connectivity index (χ1v) is 14.8. The molecule has 4 aromatic rings. The van der Waals surface area contributed by atoms with E-state index in [1.165, 1.54) is 29.3 Å². The SMILES string of the molecule is O=C(O)c1ccc(OCCCc2ccc(OCc3ccc(-c4ccccc4)cc3)cc2)c(C(=O)N[C@@H]2CC[C@H](C(=O)O)C2)c1. The van der Waals surface area contributed by atoms with E-state index in [0.717, 1.165) is 23.3 Å². The zero-order valence-electron chi connectivity index (χ0n) is 24.3. The highest BCUT2D eigenvalue weighted by Crippen LogP contribution is 2.27. The molecule has 0 saturated heterocycles. The number of rotatable bonds is 13. The molecule has 5 rings (SSSR count). The number of hydrogen-bond donors (Lipinski definition) is 3. The summed E-state index contributed by atoms with van der Waals surface area (Å²) in [6, 6.07) is 30.4. The Morgan fingerprint density at radius 3 is 2.16 bits per heavy atom. The largest absolute Gasteiger partial charge is 0.493 e. The minimum atomic E-state index is -1.15. The van der Waals surface area contributed by atoms with Crippen LogP contribution < -0.4 is 14.8 Å². The summed E-state index contributed by atoms with van der Waals surface area (Å²) in [7, 11) is 0. The predicted octanol–water partition coefficient (Wildman–Crippen LogP) is 6.63. The van der Waals surface area contributed by atoms with Gasteiger partial charge in [-0.25, -0.2) is 4.79 Å². The number of aliphatic carboxylic acids is 1. The highest BCUT2D eigenvalue weighted by atomic mass is 16.5. The average molecular weight is 594 g/mol. The fourth-order valence-electron chi connectivity index (χ4n) is 5.37. The summed E-state index contributed by atoms with van der Waals surface area (Å²) in [6.45, 7) is 0.800. The number of ether oxygens (including phenoxy) is 2. The normalized spacial score (nSPS) is 15.8. The second kappa shape index (κ2) is 14.4. The number of carbonyl (C=O) groups is 3. The van der Waals surface area contributed by atoms with Gasteiger partial charge in [-0.05, 0) is 84.7 Å². The molecule has 226 valence electrons. The highest BCUT2D eigenvalue weighted by Gasteiger charge is 2.31. The van der Waals surface area contributed by atoms with Gasteiger partial charge in [-0.1, -0.05) is 66.7 Å². The van der Waals surface area contributed by atoms with Crippen molar-refractivity contribution in [2.45, 2.75) is 44.8 Å². The van der Waals surface area contributed by atoms with E-state index < -0.39 is 23.8 Å². The maximum atomic E-state index is 13.0. The van der Waals surface area contributed by atoms with Crippen molar-refractivity contribution in [2.24, 2.45) is 5.92 Å². The van der Waals surface area contributed by atoms with Gasteiger partial charge in [-0.2, -0.15) is 0 Å². The van der Waals surface area contributed by atoms with Crippen molar-refractivity contribution < 1.29 is 34.1 Å². The molecule has 0 bridgehead atoms. The lowest BCUT2D eigenvalue weighted by molar-refractivity contribution is -0.141. The van der Waals surface area contributed by atoms with Gasteiger partial charge < -0.3 is 25.0 Å². The molecule has 8 heteroatoms. The van der Waals surface area contributed by atoms with E-state index in [1.807, 2.05) is 42.5 Å². The van der Waals surface area contributed by atoms with Crippen molar-refractivity contribution in [3.8, 4) is 22.6 Å². The third-order valence-corrected chi connectivity index (χ3v) is 7.85. The molecule has 1 aliphatic rings. The molecule has 0 aliphatic heterocycles. The Morgan fingerprint density at radius 2 is 1.48 bits per heavy atom. The van der Waals surface area contributed by atoms with E-state index in [9.17, 15) is 24.6 Å². The van der Waals surface area contributed by atoms with E-state index in [-0.39, 0.29) is 17.2 Å². The second-order valence-corrected chi connectivity index (χ2v) is 11.0. The van der Waals surface area contributed by atoms with E-state index in [0.29, 0.717) is 44.6 Å². The van der Waals surface area contributed by atoms with Crippen molar-refractivity contribution in [1.29, 1.82) is 0 Å². The van der Waals surface area contributed by atoms with Crippen LogP contribution in [0.2, 0.25) is 0 Å². The number of hydrogen-bond acceptors (Lipinski definition) is 5. The van der Waals surface area contributed by atoms with Crippen molar-refractivity contribution >= 4 is 17.8 Å². The topological polar surface area (TPSA) is 122 Å². The quantitative estimate of drug-likeness (QED) is 0.149. The van der Waals surface area contributed by atoms with Crippen LogP contribution in [0.15, 0.2) is 97.1 Å². The molecule has 0 aromatic heterocycles. The molecule has 2 atom stereocenters. The average Bonchev–Trinajstić information content (AvgIpc) is 3.52. The van der Waals surface area contributed by atoms with Crippen LogP contribution >= 0.6 is 0 Å². The lowest BCUT2D eigenvalue weighted by Gasteiger charge is -2.16. The Hall–Kier alpha value is -5.11. The number of benzene rings is 4. The molecule has 1 fully saturated rings. The monoisotopic (exact) mass is 593 g/mol. The summed E-state index contributed by atoms with van der Waals surface area (Å²) in [4.78, 5) is 35.8. The van der Waals surface area contributed by atoms with Crippen LogP contribution in [-0.2, 0) is 17.8 Å². The Kier molecular flexibility index (Phi) is 9.92. The van der Waals surface area contributed by atoms with Crippen LogP contribution in [0.4, 0.5) is 0 Å². The molecule has 0 heterocycles. The Morgan fingerprint density at radius 1 is 0.773 bits per heavy atom. The molecule has 8 nitrogen and oxygen atoms in total. The van der Waals surface area contributed by atoms with Crippen LogP contribution in [0.5, 0.6) is 11.5 Å². The minimum absolute atomic E-state index is 0.0242. The third kappa shape index (κ3) is 8.04. The number of carboxylic acid groups (broad SMARTS) is 2. The van der Waals surface area contributed by atoms with Crippen LogP contribution in [0.3, 0.4) is 0 Å². The summed E-state index contributed by atoms with van der Waals surface area (Å²) in [5, 5.41) is 21.5. The lowest BCUT2D eigenvalue weighted by Crippen LogP contribution is -2.33. The van der Waals surface area contributed by atoms with Gasteiger partial charge >= 0.3 is 11.9 Å². The Bertz CT molecular complexity index is 1580. The number of carbonyl (C=O) groups excluding carboxylic acids is 1. The zero-order valence-corrected chi connectivity index (χ0v) is 24.3. The van der Waals surface area contributed by atoms with Crippen molar-refractivity contribution in [1.82, 2.24) is 5.32 Å². The maximum Gasteiger partial charge on any atom is 0.335 e. The first-order valence-electron chi connectivity index (χ1n) is 14.8. The van der Waals surface area contributed by atoms with Crippen molar-refractivity contribution in [3.05, 3.63) is 119 Å². The van der Waals surface area contributed by atoms with Crippen LogP contribution in [0, 0.1) is 5.92 Å². The standard InChI is InChI=1S/C36H35NO7/c38-34(37-30-16-14-28(21-30)35(39)40)32-22-29(36(41)42)15-19-33(32)43-20-4-5-24-10-17-31(18-11-24)44-23-25-8-12-27(13-9-25)26-6-2-1-3-7-26/h1-3,6-13,15,17-19,22,28,30H,4-5,14,16,20-21,23H2,(H,37,38)(H,39,40)(H,41,42)/t28-,30+/m0/s1. The second-order valence-electron chi connectivity index (χ2n) is 11.0. The Labute approximate surface area is 256 Å². The highest BCUT2D eigenvalue weighted by molar-refractivity contribution is 6.00. The van der Waals surface area contributed by atoms with Crippen LogP contribution in [-0.4, -0.2) is 40.7 Å². The molecule has 1 aliphatic carbocycles. The summed E-state index contributed by atoms with van der Waals surface area (Å²) in [5.41, 5.74) is 4.65. The van der Waals surface area contributed by atoms with Gasteiger partial charge in [-0.15, -0.1) is 0 Å². The number of amides is 1.